The minimum atomic E-state index is -1.61. The van der Waals surface area contributed by atoms with Gasteiger partial charge in [0.15, 0.2) is 5.75 Å². The SMILES string of the molecule is Cc1ccc(C(=O)NC(C(=O)NC(C(=O)N2CCCC2C(=O)O)C(C)C)C(C)O)c([N+](=O)[O-])c1O.ClC(Cl)(Cl)Cl. The highest BCUT2D eigenvalue weighted by Crippen LogP contribution is 2.33. The molecule has 1 fully saturated rings. The van der Waals surface area contributed by atoms with Crippen molar-refractivity contribution in [3.05, 3.63) is 33.4 Å². The van der Waals surface area contributed by atoms with Crippen molar-refractivity contribution in [3.63, 3.8) is 0 Å². The highest BCUT2D eigenvalue weighted by atomic mass is 35.6. The van der Waals surface area contributed by atoms with Gasteiger partial charge in [0, 0.05) is 6.54 Å². The number of aliphatic hydroxyl groups is 1. The zero-order valence-corrected chi connectivity index (χ0v) is 24.9. The minimum absolute atomic E-state index is 0.165. The summed E-state index contributed by atoms with van der Waals surface area (Å²) in [6.45, 7) is 6.12. The van der Waals surface area contributed by atoms with Crippen molar-refractivity contribution in [2.75, 3.05) is 6.54 Å². The van der Waals surface area contributed by atoms with Crippen LogP contribution in [0.25, 0.3) is 0 Å². The molecule has 1 heterocycles. The second kappa shape index (κ2) is 14.9. The number of nitro groups is 1. The first kappa shape index (κ1) is 35.4. The van der Waals surface area contributed by atoms with Crippen LogP contribution in [0.15, 0.2) is 12.1 Å². The summed E-state index contributed by atoms with van der Waals surface area (Å²) in [5.41, 5.74) is -1.21. The van der Waals surface area contributed by atoms with Gasteiger partial charge in [-0.1, -0.05) is 66.3 Å². The molecule has 4 atom stereocenters. The van der Waals surface area contributed by atoms with Gasteiger partial charge in [0.05, 0.1) is 11.0 Å². The summed E-state index contributed by atoms with van der Waals surface area (Å²) in [6, 6.07) is -1.36. The van der Waals surface area contributed by atoms with Crippen molar-refractivity contribution in [1.29, 1.82) is 0 Å². The quantitative estimate of drug-likeness (QED) is 0.152. The van der Waals surface area contributed by atoms with E-state index in [0.717, 1.165) is 6.07 Å². The number of nitrogens with one attached hydrogen (secondary N) is 2. The summed E-state index contributed by atoms with van der Waals surface area (Å²) >= 11 is 19.3. The summed E-state index contributed by atoms with van der Waals surface area (Å²) in [5, 5.41) is 45.6. The Morgan fingerprint density at radius 2 is 1.65 bits per heavy atom. The second-order valence-electron chi connectivity index (χ2n) is 9.26. The van der Waals surface area contributed by atoms with E-state index in [1.807, 2.05) is 0 Å². The molecule has 40 heavy (non-hydrogen) atoms. The fourth-order valence-electron chi connectivity index (χ4n) is 3.90. The number of carboxylic acids is 1. The Bertz CT molecular complexity index is 1120. The maximum absolute atomic E-state index is 13.1. The Hall–Kier alpha value is -2.58. The fraction of sp³-hybridized carbons (Fsp3) is 0.565. The molecule has 0 radical (unpaired) electrons. The van der Waals surface area contributed by atoms with Crippen LogP contribution in [0, 0.1) is 23.0 Å². The van der Waals surface area contributed by atoms with Gasteiger partial charge in [0.1, 0.15) is 23.7 Å². The van der Waals surface area contributed by atoms with Crippen molar-refractivity contribution >= 4 is 75.8 Å². The molecule has 0 saturated carbocycles. The van der Waals surface area contributed by atoms with Gasteiger partial charge in [-0.25, -0.2) is 4.79 Å². The monoisotopic (exact) mass is 646 g/mol. The molecule has 1 aromatic carbocycles. The maximum Gasteiger partial charge on any atom is 0.326 e. The van der Waals surface area contributed by atoms with Crippen LogP contribution < -0.4 is 10.6 Å². The first-order valence-corrected chi connectivity index (χ1v) is 13.3. The second-order valence-corrected chi connectivity index (χ2v) is 12.7. The molecule has 0 spiro atoms. The number of nitrogens with zero attached hydrogens (tertiary/aromatic N) is 2. The molecule has 0 aliphatic carbocycles. The fourth-order valence-corrected chi connectivity index (χ4v) is 3.90. The summed E-state index contributed by atoms with van der Waals surface area (Å²) in [4.78, 5) is 61.9. The number of aromatic hydroxyl groups is 1. The van der Waals surface area contributed by atoms with E-state index in [-0.39, 0.29) is 18.5 Å². The Morgan fingerprint density at radius 3 is 2.10 bits per heavy atom. The molecule has 3 amide bonds. The van der Waals surface area contributed by atoms with Crippen molar-refractivity contribution in [2.24, 2.45) is 5.92 Å². The van der Waals surface area contributed by atoms with E-state index >= 15 is 0 Å². The lowest BCUT2D eigenvalue weighted by molar-refractivity contribution is -0.386. The third-order valence-corrected chi connectivity index (χ3v) is 5.88. The largest absolute Gasteiger partial charge is 0.502 e. The molecule has 17 heteroatoms. The standard InChI is InChI=1S/C22H30N4O9.CCl4/c1-10(2)15(21(31)25-9-5-6-14(25)22(32)33)23-20(30)16(12(4)27)24-19(29)13-8-7-11(3)18(28)17(13)26(34)35;2-1(3,4)5/h7-8,10,12,14-16,27-28H,5-6,9H2,1-4H3,(H,23,30)(H,24,29)(H,32,33);. The number of phenolic OH excluding ortho intramolecular Hbond substituents is 1. The molecule has 2 rings (SSSR count). The van der Waals surface area contributed by atoms with Gasteiger partial charge in [-0.3, -0.25) is 24.5 Å². The minimum Gasteiger partial charge on any atom is -0.502 e. The number of benzene rings is 1. The summed E-state index contributed by atoms with van der Waals surface area (Å²) in [5.74, 6) is -4.95. The number of hydrogen-bond donors (Lipinski definition) is 5. The number of nitro benzene ring substituents is 1. The molecule has 5 N–H and O–H groups in total. The van der Waals surface area contributed by atoms with Gasteiger partial charge in [-0.05, 0) is 44.2 Å². The topological polar surface area (TPSA) is 199 Å². The van der Waals surface area contributed by atoms with Crippen LogP contribution in [0.4, 0.5) is 5.69 Å². The Morgan fingerprint density at radius 1 is 1.10 bits per heavy atom. The van der Waals surface area contributed by atoms with E-state index in [9.17, 15) is 44.6 Å². The van der Waals surface area contributed by atoms with Gasteiger partial charge in [-0.2, -0.15) is 0 Å². The number of halogens is 4. The molecule has 1 saturated heterocycles. The first-order valence-electron chi connectivity index (χ1n) is 11.8. The molecule has 1 aliphatic rings. The molecule has 224 valence electrons. The molecule has 0 aromatic heterocycles. The van der Waals surface area contributed by atoms with E-state index < -0.39 is 79.0 Å². The number of hydrogen-bond acceptors (Lipinski definition) is 8. The number of carboxylic acid groups (broad SMARTS) is 1. The van der Waals surface area contributed by atoms with Crippen molar-refractivity contribution in [3.8, 4) is 5.75 Å². The number of alkyl halides is 4. The van der Waals surface area contributed by atoms with Crippen molar-refractivity contribution in [2.45, 2.75) is 68.0 Å². The third kappa shape index (κ3) is 10.1. The molecule has 1 aromatic rings. The predicted molar refractivity (Wildman–Crippen MR) is 148 cm³/mol. The number of aryl methyl sites for hydroxylation is 1. The summed E-state index contributed by atoms with van der Waals surface area (Å²) < 4.78 is -1.61. The molecule has 1 aliphatic heterocycles. The van der Waals surface area contributed by atoms with Crippen LogP contribution in [-0.4, -0.2) is 82.9 Å². The highest BCUT2D eigenvalue weighted by molar-refractivity contribution is 6.83. The summed E-state index contributed by atoms with van der Waals surface area (Å²) in [7, 11) is 0. The normalized spacial score (nSPS) is 17.2. The average molecular weight is 648 g/mol. The number of amides is 3. The predicted octanol–water partition coefficient (Wildman–Crippen LogP) is 2.86. The van der Waals surface area contributed by atoms with Crippen LogP contribution in [0.2, 0.25) is 0 Å². The number of rotatable bonds is 9. The Balaban J connectivity index is 0.00000146. The van der Waals surface area contributed by atoms with Gasteiger partial charge in [0.25, 0.3) is 9.16 Å². The third-order valence-electron chi connectivity index (χ3n) is 5.88. The van der Waals surface area contributed by atoms with Crippen LogP contribution >= 0.6 is 46.4 Å². The van der Waals surface area contributed by atoms with E-state index in [1.54, 1.807) is 13.8 Å². The number of likely N-dealkylation sites (tertiary alicyclic amines) is 1. The van der Waals surface area contributed by atoms with Gasteiger partial charge >= 0.3 is 11.7 Å². The van der Waals surface area contributed by atoms with Crippen molar-refractivity contribution < 1.29 is 39.4 Å². The lowest BCUT2D eigenvalue weighted by Crippen LogP contribution is -2.59. The first-order chi connectivity index (χ1) is 18.3. The van der Waals surface area contributed by atoms with Gasteiger partial charge in [0.2, 0.25) is 11.8 Å². The lowest BCUT2D eigenvalue weighted by Gasteiger charge is -2.31. The number of aliphatic hydroxyl groups excluding tert-OH is 1. The number of aliphatic carboxylic acids is 1. The van der Waals surface area contributed by atoms with E-state index in [2.05, 4.69) is 10.6 Å². The van der Waals surface area contributed by atoms with E-state index in [1.165, 1.54) is 24.8 Å². The van der Waals surface area contributed by atoms with Gasteiger partial charge in [-0.15, -0.1) is 0 Å². The number of phenols is 1. The zero-order chi connectivity index (χ0) is 31.1. The smallest absolute Gasteiger partial charge is 0.326 e. The molecule has 0 bridgehead atoms. The molecular formula is C23H30Cl4N4O9. The number of carbonyl (C=O) groups is 4. The van der Waals surface area contributed by atoms with Gasteiger partial charge < -0.3 is 30.9 Å². The Labute approximate surface area is 249 Å². The molecule has 13 nitrogen and oxygen atoms in total. The van der Waals surface area contributed by atoms with Crippen LogP contribution in [0.1, 0.15) is 49.5 Å². The molecular weight excluding hydrogens is 618 g/mol. The highest BCUT2D eigenvalue weighted by Gasteiger charge is 2.40. The Kier molecular flexibility index (Phi) is 13.2. The average Bonchev–Trinajstić information content (AvgIpc) is 3.30. The van der Waals surface area contributed by atoms with E-state index in [4.69, 9.17) is 46.4 Å². The van der Waals surface area contributed by atoms with Crippen LogP contribution in [0.3, 0.4) is 0 Å². The summed E-state index contributed by atoms with van der Waals surface area (Å²) in [6.07, 6.45) is -0.678. The lowest BCUT2D eigenvalue weighted by atomic mass is 10.0. The van der Waals surface area contributed by atoms with Crippen LogP contribution in [0.5, 0.6) is 5.75 Å². The van der Waals surface area contributed by atoms with E-state index in [0.29, 0.717) is 6.42 Å². The number of carbonyl (C=O) groups excluding carboxylic acids is 3. The molecule has 4 unspecified atom stereocenters. The zero-order valence-electron chi connectivity index (χ0n) is 21.9. The maximum atomic E-state index is 13.1. The van der Waals surface area contributed by atoms with Crippen molar-refractivity contribution in [1.82, 2.24) is 15.5 Å². The van der Waals surface area contributed by atoms with Crippen LogP contribution in [-0.2, 0) is 14.4 Å².